The molecule has 0 bridgehead atoms. The largest absolute Gasteiger partial charge is 0.358 e. The predicted molar refractivity (Wildman–Crippen MR) is 49.7 cm³/mol. The summed E-state index contributed by atoms with van der Waals surface area (Å²) in [6.07, 6.45) is 0. The Bertz CT molecular complexity index is 473. The summed E-state index contributed by atoms with van der Waals surface area (Å²) in [5, 5.41) is 11.5. The fourth-order valence-electron chi connectivity index (χ4n) is 1.45. The first-order valence-corrected chi connectivity index (χ1v) is 3.92. The van der Waals surface area contributed by atoms with Gasteiger partial charge in [-0.15, -0.1) is 0 Å². The molecule has 0 fully saturated rings. The summed E-state index contributed by atoms with van der Waals surface area (Å²) in [7, 11) is 0. The first kappa shape index (κ1) is 7.79. The Kier molecular flexibility index (Phi) is 1.55. The summed E-state index contributed by atoms with van der Waals surface area (Å²) in [6, 6.07) is 7.42. The van der Waals surface area contributed by atoms with Gasteiger partial charge < -0.3 is 10.1 Å². The second-order valence-corrected chi connectivity index (χ2v) is 2.90. The van der Waals surface area contributed by atoms with Gasteiger partial charge in [-0.25, -0.2) is 4.98 Å². The van der Waals surface area contributed by atoms with Crippen LogP contribution in [0.2, 0.25) is 0 Å². The fourth-order valence-corrected chi connectivity index (χ4v) is 1.45. The van der Waals surface area contributed by atoms with Crippen molar-refractivity contribution in [2.45, 2.75) is 6.92 Å². The van der Waals surface area contributed by atoms with E-state index < -0.39 is 4.92 Å². The number of benzene rings is 1. The molecule has 1 heterocycles. The number of hydrogen-bond donors (Lipinski definition) is 1. The lowest BCUT2D eigenvalue weighted by Crippen LogP contribution is -1.88. The Hall–Kier alpha value is -1.84. The van der Waals surface area contributed by atoms with Crippen molar-refractivity contribution in [1.29, 1.82) is 0 Å². The van der Waals surface area contributed by atoms with Gasteiger partial charge >= 0.3 is 5.82 Å². The second kappa shape index (κ2) is 2.58. The minimum Gasteiger partial charge on any atom is -0.358 e. The van der Waals surface area contributed by atoms with Gasteiger partial charge in [0.1, 0.15) is 5.52 Å². The molecule has 4 heteroatoms. The van der Waals surface area contributed by atoms with Crippen molar-refractivity contribution in [2.24, 2.45) is 0 Å². The molecule has 0 spiro atoms. The Morgan fingerprint density at radius 3 is 2.69 bits per heavy atom. The lowest BCUT2D eigenvalue weighted by Gasteiger charge is -1.90. The Morgan fingerprint density at radius 2 is 2.08 bits per heavy atom. The first-order chi connectivity index (χ1) is 6.20. The van der Waals surface area contributed by atoms with E-state index in [0.717, 1.165) is 10.9 Å². The number of nitro groups is 1. The van der Waals surface area contributed by atoms with Gasteiger partial charge in [-0.2, -0.15) is 0 Å². The molecule has 0 aliphatic heterocycles. The molecule has 13 heavy (non-hydrogen) atoms. The Balaban J connectivity index is 2.81. The normalized spacial score (nSPS) is 10.5. The van der Waals surface area contributed by atoms with Crippen molar-refractivity contribution in [1.82, 2.24) is 4.98 Å². The van der Waals surface area contributed by atoms with E-state index in [1.165, 1.54) is 0 Å². The highest BCUT2D eigenvalue weighted by molar-refractivity contribution is 5.86. The molecule has 0 atom stereocenters. The van der Waals surface area contributed by atoms with Gasteiger partial charge in [0.2, 0.25) is 0 Å². The maximum Gasteiger partial charge on any atom is 0.324 e. The van der Waals surface area contributed by atoms with E-state index in [4.69, 9.17) is 0 Å². The molecule has 2 rings (SSSR count). The maximum absolute atomic E-state index is 10.6. The molecular weight excluding hydrogens is 168 g/mol. The molecule has 2 aromatic rings. The highest BCUT2D eigenvalue weighted by atomic mass is 16.6. The van der Waals surface area contributed by atoms with Gasteiger partial charge in [-0.1, -0.05) is 18.2 Å². The molecule has 1 aromatic carbocycles. The van der Waals surface area contributed by atoms with Gasteiger partial charge in [-0.05, 0) is 17.9 Å². The number of aryl methyl sites for hydroxylation is 1. The number of para-hydroxylation sites is 1. The van der Waals surface area contributed by atoms with Crippen LogP contribution in [0.4, 0.5) is 5.82 Å². The summed E-state index contributed by atoms with van der Waals surface area (Å²) < 4.78 is 0. The van der Waals surface area contributed by atoms with E-state index in [1.54, 1.807) is 6.92 Å². The number of hydrogen-bond acceptors (Lipinski definition) is 2. The van der Waals surface area contributed by atoms with Crippen LogP contribution >= 0.6 is 0 Å². The zero-order chi connectivity index (χ0) is 9.42. The summed E-state index contributed by atoms with van der Waals surface area (Å²) in [5.74, 6) is 0.0844. The van der Waals surface area contributed by atoms with E-state index in [1.807, 2.05) is 24.3 Å². The molecule has 1 aromatic heterocycles. The van der Waals surface area contributed by atoms with Gasteiger partial charge in [0, 0.05) is 5.39 Å². The summed E-state index contributed by atoms with van der Waals surface area (Å²) >= 11 is 0. The minimum atomic E-state index is -0.394. The molecule has 0 saturated carbocycles. The van der Waals surface area contributed by atoms with Gasteiger partial charge in [0.05, 0.1) is 5.56 Å². The summed E-state index contributed by atoms with van der Waals surface area (Å²) in [5.41, 5.74) is 1.51. The van der Waals surface area contributed by atoms with Crippen molar-refractivity contribution < 1.29 is 4.92 Å². The van der Waals surface area contributed by atoms with Crippen LogP contribution < -0.4 is 0 Å². The van der Waals surface area contributed by atoms with E-state index in [9.17, 15) is 10.1 Å². The zero-order valence-corrected chi connectivity index (χ0v) is 7.07. The fraction of sp³-hybridized carbons (Fsp3) is 0.111. The average molecular weight is 176 g/mol. The highest BCUT2D eigenvalue weighted by Gasteiger charge is 2.15. The molecule has 0 amide bonds. The average Bonchev–Trinajstić information content (AvgIpc) is 2.45. The van der Waals surface area contributed by atoms with E-state index in [0.29, 0.717) is 5.56 Å². The van der Waals surface area contributed by atoms with Crippen LogP contribution in [0.3, 0.4) is 0 Å². The SMILES string of the molecule is Cc1c([N+](=O)[O-])[nH]c2ccccc12. The van der Waals surface area contributed by atoms with Gasteiger partial charge in [0.15, 0.2) is 0 Å². The number of fused-ring (bicyclic) bond motifs is 1. The van der Waals surface area contributed by atoms with Crippen LogP contribution in [-0.4, -0.2) is 9.91 Å². The highest BCUT2D eigenvalue weighted by Crippen LogP contribution is 2.25. The zero-order valence-electron chi connectivity index (χ0n) is 7.07. The third kappa shape index (κ3) is 1.07. The van der Waals surface area contributed by atoms with Crippen LogP contribution in [0.5, 0.6) is 0 Å². The maximum atomic E-state index is 10.6. The number of aromatic amines is 1. The van der Waals surface area contributed by atoms with Crippen molar-refractivity contribution in [3.8, 4) is 0 Å². The van der Waals surface area contributed by atoms with Crippen molar-refractivity contribution in [3.63, 3.8) is 0 Å². The van der Waals surface area contributed by atoms with Gasteiger partial charge in [0.25, 0.3) is 0 Å². The third-order valence-electron chi connectivity index (χ3n) is 2.12. The first-order valence-electron chi connectivity index (χ1n) is 3.92. The molecule has 0 aliphatic rings. The number of nitrogens with zero attached hydrogens (tertiary/aromatic N) is 1. The molecule has 4 nitrogen and oxygen atoms in total. The summed E-state index contributed by atoms with van der Waals surface area (Å²) in [6.45, 7) is 1.75. The van der Waals surface area contributed by atoms with E-state index in [2.05, 4.69) is 4.98 Å². The number of rotatable bonds is 1. The lowest BCUT2D eigenvalue weighted by atomic mass is 10.2. The van der Waals surface area contributed by atoms with E-state index in [-0.39, 0.29) is 5.82 Å². The Labute approximate surface area is 74.3 Å². The topological polar surface area (TPSA) is 58.9 Å². The standard InChI is InChI=1S/C9H8N2O2/c1-6-7-4-2-3-5-8(7)10-9(6)11(12)13/h2-5,10H,1H3. The monoisotopic (exact) mass is 176 g/mol. The molecule has 66 valence electrons. The summed E-state index contributed by atoms with van der Waals surface area (Å²) in [4.78, 5) is 12.9. The van der Waals surface area contributed by atoms with Crippen molar-refractivity contribution >= 4 is 16.7 Å². The van der Waals surface area contributed by atoms with Crippen LogP contribution in [-0.2, 0) is 0 Å². The predicted octanol–water partition coefficient (Wildman–Crippen LogP) is 2.38. The van der Waals surface area contributed by atoms with Crippen LogP contribution in [0, 0.1) is 17.0 Å². The van der Waals surface area contributed by atoms with Crippen LogP contribution in [0.25, 0.3) is 10.9 Å². The number of nitrogens with one attached hydrogen (secondary N) is 1. The lowest BCUT2D eigenvalue weighted by molar-refractivity contribution is -0.389. The quantitative estimate of drug-likeness (QED) is 0.535. The molecule has 1 N–H and O–H groups in total. The van der Waals surface area contributed by atoms with Crippen LogP contribution in [0.15, 0.2) is 24.3 Å². The molecule has 0 radical (unpaired) electrons. The van der Waals surface area contributed by atoms with Gasteiger partial charge in [-0.3, -0.25) is 0 Å². The van der Waals surface area contributed by atoms with E-state index >= 15 is 0 Å². The molecular formula is C9H8N2O2. The van der Waals surface area contributed by atoms with Crippen molar-refractivity contribution in [3.05, 3.63) is 39.9 Å². The molecule has 0 saturated heterocycles. The Morgan fingerprint density at radius 1 is 1.38 bits per heavy atom. The number of H-pyrrole nitrogens is 1. The third-order valence-corrected chi connectivity index (χ3v) is 2.12. The number of aromatic nitrogens is 1. The minimum absolute atomic E-state index is 0.0844. The smallest absolute Gasteiger partial charge is 0.324 e. The van der Waals surface area contributed by atoms with Crippen molar-refractivity contribution in [2.75, 3.05) is 0 Å². The second-order valence-electron chi connectivity index (χ2n) is 2.90. The molecule has 0 aliphatic carbocycles. The molecule has 0 unspecified atom stereocenters. The van der Waals surface area contributed by atoms with Crippen LogP contribution in [0.1, 0.15) is 5.56 Å².